The Balaban J connectivity index is 1.17. The largest absolute Gasteiger partial charge is 0.446 e. The van der Waals surface area contributed by atoms with Crippen molar-refractivity contribution in [3.63, 3.8) is 0 Å². The number of nitrogens with one attached hydrogen (secondary N) is 1. The van der Waals surface area contributed by atoms with Crippen LogP contribution in [0, 0.1) is 29.1 Å². The van der Waals surface area contributed by atoms with Crippen molar-refractivity contribution in [3.05, 3.63) is 11.1 Å². The Morgan fingerprint density at radius 3 is 2.85 bits per heavy atom. The maximum Gasteiger partial charge on any atom is 0.410 e. The summed E-state index contributed by atoms with van der Waals surface area (Å²) in [5.41, 5.74) is -0.502. The van der Waals surface area contributed by atoms with Gasteiger partial charge in [-0.25, -0.2) is 9.78 Å². The average molecular weight is 388 g/mol. The standard InChI is InChI=1S/C19H24N4O3S/c20-8-15-9-21-17(27-15)22-14-1-2-23(10-14)18(24)26-16-12-3-11-4-13(16)7-19(25,5-11)6-12/h9,11-14,16,25H,1-7,10H2,(H,21,22). The van der Waals surface area contributed by atoms with E-state index in [9.17, 15) is 9.90 Å². The molecule has 1 amide bonds. The van der Waals surface area contributed by atoms with Gasteiger partial charge in [-0.3, -0.25) is 0 Å². The van der Waals surface area contributed by atoms with E-state index in [-0.39, 0.29) is 18.2 Å². The number of aliphatic hydroxyl groups is 1. The number of rotatable bonds is 3. The van der Waals surface area contributed by atoms with Gasteiger partial charge >= 0.3 is 6.09 Å². The van der Waals surface area contributed by atoms with Crippen molar-refractivity contribution in [2.75, 3.05) is 18.4 Å². The van der Waals surface area contributed by atoms with E-state index in [0.29, 0.717) is 35.7 Å². The Kier molecular flexibility index (Phi) is 4.06. The van der Waals surface area contributed by atoms with Gasteiger partial charge < -0.3 is 20.1 Å². The lowest BCUT2D eigenvalue weighted by molar-refractivity contribution is -0.177. The van der Waals surface area contributed by atoms with Gasteiger partial charge in [-0.2, -0.15) is 5.26 Å². The Morgan fingerprint density at radius 1 is 1.41 bits per heavy atom. The van der Waals surface area contributed by atoms with Crippen LogP contribution in [-0.2, 0) is 4.74 Å². The van der Waals surface area contributed by atoms with Crippen LogP contribution in [0.1, 0.15) is 43.4 Å². The number of nitrogens with zero attached hydrogens (tertiary/aromatic N) is 3. The molecule has 1 aliphatic heterocycles. The van der Waals surface area contributed by atoms with Crippen molar-refractivity contribution >= 4 is 22.6 Å². The summed E-state index contributed by atoms with van der Waals surface area (Å²) < 4.78 is 5.97. The van der Waals surface area contributed by atoms with Crippen LogP contribution in [0.2, 0.25) is 0 Å². The molecule has 0 radical (unpaired) electrons. The van der Waals surface area contributed by atoms with Crippen LogP contribution < -0.4 is 5.32 Å². The van der Waals surface area contributed by atoms with E-state index in [0.717, 1.165) is 43.7 Å². The zero-order chi connectivity index (χ0) is 18.6. The van der Waals surface area contributed by atoms with Gasteiger partial charge in [-0.05, 0) is 56.3 Å². The molecule has 1 aromatic rings. The number of anilines is 1. The van der Waals surface area contributed by atoms with Gasteiger partial charge in [0.25, 0.3) is 0 Å². The Morgan fingerprint density at radius 2 is 2.19 bits per heavy atom. The minimum atomic E-state index is -0.502. The highest BCUT2D eigenvalue weighted by Crippen LogP contribution is 2.56. The van der Waals surface area contributed by atoms with E-state index >= 15 is 0 Å². The number of amides is 1. The summed E-state index contributed by atoms with van der Waals surface area (Å²) in [4.78, 5) is 19.3. The van der Waals surface area contributed by atoms with Gasteiger partial charge in [0.1, 0.15) is 17.1 Å². The van der Waals surface area contributed by atoms with Gasteiger partial charge in [0, 0.05) is 19.1 Å². The van der Waals surface area contributed by atoms with Gasteiger partial charge in [-0.1, -0.05) is 11.3 Å². The summed E-state index contributed by atoms with van der Waals surface area (Å²) in [6, 6.07) is 2.22. The summed E-state index contributed by atoms with van der Waals surface area (Å²) in [5, 5.41) is 23.6. The van der Waals surface area contributed by atoms with Gasteiger partial charge in [0.2, 0.25) is 0 Å². The molecule has 2 heterocycles. The van der Waals surface area contributed by atoms with Gasteiger partial charge in [0.15, 0.2) is 5.13 Å². The molecule has 3 unspecified atom stereocenters. The molecule has 4 aliphatic carbocycles. The molecule has 2 N–H and O–H groups in total. The van der Waals surface area contributed by atoms with Crippen LogP contribution in [0.4, 0.5) is 9.93 Å². The van der Waals surface area contributed by atoms with Crippen molar-refractivity contribution < 1.29 is 14.6 Å². The second-order valence-corrected chi connectivity index (χ2v) is 9.79. The summed E-state index contributed by atoms with van der Waals surface area (Å²) in [5.74, 6) is 1.25. The molecule has 6 rings (SSSR count). The summed E-state index contributed by atoms with van der Waals surface area (Å²) in [6.07, 6.45) is 6.84. The predicted octanol–water partition coefficient (Wildman–Crippen LogP) is 2.58. The highest BCUT2D eigenvalue weighted by Gasteiger charge is 2.56. The second-order valence-electron chi connectivity index (χ2n) is 8.76. The zero-order valence-corrected chi connectivity index (χ0v) is 16.0. The molecule has 27 heavy (non-hydrogen) atoms. The number of likely N-dealkylation sites (tertiary alicyclic amines) is 1. The van der Waals surface area contributed by atoms with E-state index in [1.54, 1.807) is 11.1 Å². The molecule has 1 saturated heterocycles. The third kappa shape index (κ3) is 3.17. The number of thiazole rings is 1. The molecule has 4 saturated carbocycles. The fraction of sp³-hybridized carbons (Fsp3) is 0.737. The molecular formula is C19H24N4O3S. The normalized spacial score (nSPS) is 39.4. The van der Waals surface area contributed by atoms with Crippen molar-refractivity contribution in [1.29, 1.82) is 5.26 Å². The highest BCUT2D eigenvalue weighted by atomic mass is 32.1. The molecular weight excluding hydrogens is 364 g/mol. The molecule has 5 fully saturated rings. The van der Waals surface area contributed by atoms with E-state index in [4.69, 9.17) is 10.00 Å². The van der Waals surface area contributed by atoms with E-state index < -0.39 is 5.60 Å². The Bertz CT molecular complexity index is 774. The van der Waals surface area contributed by atoms with Crippen LogP contribution >= 0.6 is 11.3 Å². The molecule has 144 valence electrons. The number of carbonyl (C=O) groups excluding carboxylic acids is 1. The minimum Gasteiger partial charge on any atom is -0.446 e. The second kappa shape index (κ2) is 6.35. The zero-order valence-electron chi connectivity index (χ0n) is 15.1. The lowest BCUT2D eigenvalue weighted by Gasteiger charge is -2.57. The number of ether oxygens (including phenoxy) is 1. The molecule has 5 aliphatic rings. The fourth-order valence-electron chi connectivity index (χ4n) is 5.93. The predicted molar refractivity (Wildman–Crippen MR) is 99.2 cm³/mol. The lowest BCUT2D eigenvalue weighted by atomic mass is 9.53. The van der Waals surface area contributed by atoms with Gasteiger partial charge in [0.05, 0.1) is 11.8 Å². The maximum atomic E-state index is 12.7. The number of aromatic nitrogens is 1. The monoisotopic (exact) mass is 388 g/mol. The first-order valence-corrected chi connectivity index (χ1v) is 10.6. The third-order valence-electron chi connectivity index (χ3n) is 6.78. The Labute approximate surface area is 162 Å². The van der Waals surface area contributed by atoms with Crippen LogP contribution in [0.3, 0.4) is 0 Å². The first-order chi connectivity index (χ1) is 13.0. The average Bonchev–Trinajstić information content (AvgIpc) is 3.26. The van der Waals surface area contributed by atoms with Crippen molar-refractivity contribution in [2.45, 2.75) is 56.3 Å². The molecule has 0 aromatic carbocycles. The Hall–Kier alpha value is -1.85. The maximum absolute atomic E-state index is 12.7. The quantitative estimate of drug-likeness (QED) is 0.826. The smallest absolute Gasteiger partial charge is 0.410 e. The fourth-order valence-corrected chi connectivity index (χ4v) is 6.62. The molecule has 0 spiro atoms. The van der Waals surface area contributed by atoms with Crippen molar-refractivity contribution in [1.82, 2.24) is 9.88 Å². The van der Waals surface area contributed by atoms with Crippen LogP contribution in [-0.4, -0.2) is 51.9 Å². The molecule has 7 nitrogen and oxygen atoms in total. The third-order valence-corrected chi connectivity index (χ3v) is 7.61. The molecule has 1 aromatic heterocycles. The topological polar surface area (TPSA) is 98.5 Å². The molecule has 4 bridgehead atoms. The van der Waals surface area contributed by atoms with Crippen LogP contribution in [0.15, 0.2) is 6.20 Å². The molecule has 8 heteroatoms. The number of hydrogen-bond acceptors (Lipinski definition) is 7. The van der Waals surface area contributed by atoms with Gasteiger partial charge in [-0.15, -0.1) is 0 Å². The summed E-state index contributed by atoms with van der Waals surface area (Å²) in [7, 11) is 0. The lowest BCUT2D eigenvalue weighted by Crippen LogP contribution is -2.58. The number of hydrogen-bond donors (Lipinski definition) is 2. The SMILES string of the molecule is N#Cc1cnc(NC2CCN(C(=O)OC3C4CC5CC3CC(O)(C5)C4)C2)s1. The highest BCUT2D eigenvalue weighted by molar-refractivity contribution is 7.16. The summed E-state index contributed by atoms with van der Waals surface area (Å²) >= 11 is 1.33. The minimum absolute atomic E-state index is 0.0292. The first kappa shape index (κ1) is 17.3. The van der Waals surface area contributed by atoms with E-state index in [1.165, 1.54) is 11.3 Å². The number of nitriles is 1. The van der Waals surface area contributed by atoms with Crippen LogP contribution in [0.5, 0.6) is 0 Å². The van der Waals surface area contributed by atoms with E-state index in [1.807, 2.05) is 0 Å². The number of carbonyl (C=O) groups is 1. The van der Waals surface area contributed by atoms with Crippen LogP contribution in [0.25, 0.3) is 0 Å². The molecule has 3 atom stereocenters. The van der Waals surface area contributed by atoms with E-state index in [2.05, 4.69) is 16.4 Å². The summed E-state index contributed by atoms with van der Waals surface area (Å²) in [6.45, 7) is 1.26. The van der Waals surface area contributed by atoms with Crippen molar-refractivity contribution in [2.24, 2.45) is 17.8 Å². The first-order valence-electron chi connectivity index (χ1n) is 9.82. The van der Waals surface area contributed by atoms with Crippen molar-refractivity contribution in [3.8, 4) is 6.07 Å².